The van der Waals surface area contributed by atoms with Crippen LogP contribution in [0.15, 0.2) is 65.1 Å². The maximum Gasteiger partial charge on any atom is 0.255 e. The van der Waals surface area contributed by atoms with E-state index in [1.807, 2.05) is 44.2 Å². The van der Waals surface area contributed by atoms with E-state index in [0.29, 0.717) is 22.6 Å². The molecule has 0 bridgehead atoms. The molecule has 5 nitrogen and oxygen atoms in total. The number of methoxy groups -OCH3 is 1. The van der Waals surface area contributed by atoms with Crippen LogP contribution in [0.4, 0.5) is 5.69 Å². The van der Waals surface area contributed by atoms with Crippen LogP contribution in [-0.2, 0) is 0 Å². The highest BCUT2D eigenvalue weighted by Crippen LogP contribution is 2.36. The van der Waals surface area contributed by atoms with E-state index in [0.717, 1.165) is 22.1 Å². The van der Waals surface area contributed by atoms with Crippen LogP contribution < -0.4 is 14.8 Å². The maximum absolute atomic E-state index is 12.7. The van der Waals surface area contributed by atoms with Gasteiger partial charge < -0.3 is 19.2 Å². The number of carbonyl (C=O) groups is 1. The van der Waals surface area contributed by atoms with Crippen LogP contribution in [0.3, 0.4) is 0 Å². The molecule has 3 aromatic carbocycles. The van der Waals surface area contributed by atoms with E-state index in [-0.39, 0.29) is 12.0 Å². The van der Waals surface area contributed by atoms with Gasteiger partial charge in [-0.15, -0.1) is 0 Å². The third-order valence-corrected chi connectivity index (χ3v) is 4.44. The first kappa shape index (κ1) is 17.9. The molecule has 1 amide bonds. The Morgan fingerprint density at radius 2 is 1.71 bits per heavy atom. The average molecular weight is 375 g/mol. The molecule has 0 fully saturated rings. The molecule has 0 aliphatic heterocycles. The minimum atomic E-state index is -0.232. The van der Waals surface area contributed by atoms with E-state index < -0.39 is 0 Å². The van der Waals surface area contributed by atoms with Crippen molar-refractivity contribution in [2.24, 2.45) is 0 Å². The topological polar surface area (TPSA) is 60.7 Å². The molecule has 4 rings (SSSR count). The number of ether oxygens (including phenoxy) is 2. The molecule has 28 heavy (non-hydrogen) atoms. The fraction of sp³-hybridized carbons (Fsp3) is 0.174. The zero-order valence-corrected chi connectivity index (χ0v) is 16.0. The predicted octanol–water partition coefficient (Wildman–Crippen LogP) is 5.63. The van der Waals surface area contributed by atoms with Crippen molar-refractivity contribution >= 4 is 33.5 Å². The van der Waals surface area contributed by atoms with Crippen LogP contribution in [0.25, 0.3) is 21.9 Å². The van der Waals surface area contributed by atoms with Crippen molar-refractivity contribution in [2.45, 2.75) is 20.0 Å². The zero-order valence-electron chi connectivity index (χ0n) is 16.0. The van der Waals surface area contributed by atoms with Gasteiger partial charge in [0.1, 0.15) is 22.7 Å². The third-order valence-electron chi connectivity index (χ3n) is 4.44. The van der Waals surface area contributed by atoms with Crippen LogP contribution in [0.2, 0.25) is 0 Å². The first-order valence-corrected chi connectivity index (χ1v) is 9.12. The highest BCUT2D eigenvalue weighted by Gasteiger charge is 2.15. The summed E-state index contributed by atoms with van der Waals surface area (Å²) < 4.78 is 17.0. The molecule has 0 aliphatic carbocycles. The number of furan rings is 1. The normalized spacial score (nSPS) is 11.1. The maximum atomic E-state index is 12.7. The standard InChI is InChI=1S/C23H21NO4/c1-14(2)27-16-10-8-15(9-11-16)23(25)24-19-13-21-18(12-22(19)26-3)17-6-4-5-7-20(17)28-21/h4-14H,1-3H3,(H,24,25). The molecule has 0 spiro atoms. The molecule has 0 unspecified atom stereocenters. The molecule has 1 aromatic heterocycles. The van der Waals surface area contributed by atoms with Crippen molar-refractivity contribution in [3.8, 4) is 11.5 Å². The monoisotopic (exact) mass is 375 g/mol. The van der Waals surface area contributed by atoms with Gasteiger partial charge in [-0.25, -0.2) is 0 Å². The molecule has 0 saturated carbocycles. The average Bonchev–Trinajstić information content (AvgIpc) is 3.04. The fourth-order valence-electron chi connectivity index (χ4n) is 3.17. The number of nitrogens with one attached hydrogen (secondary N) is 1. The molecule has 5 heteroatoms. The largest absolute Gasteiger partial charge is 0.495 e. The summed E-state index contributed by atoms with van der Waals surface area (Å²) >= 11 is 0. The van der Waals surface area contributed by atoms with Gasteiger partial charge >= 0.3 is 0 Å². The van der Waals surface area contributed by atoms with E-state index in [4.69, 9.17) is 13.9 Å². The minimum Gasteiger partial charge on any atom is -0.495 e. The number of para-hydroxylation sites is 1. The summed E-state index contributed by atoms with van der Waals surface area (Å²) in [4.78, 5) is 12.7. The summed E-state index contributed by atoms with van der Waals surface area (Å²) in [6.45, 7) is 3.92. The van der Waals surface area contributed by atoms with E-state index in [1.54, 1.807) is 37.4 Å². The molecule has 0 aliphatic rings. The van der Waals surface area contributed by atoms with E-state index >= 15 is 0 Å². The van der Waals surface area contributed by atoms with Gasteiger partial charge in [-0.2, -0.15) is 0 Å². The number of carbonyl (C=O) groups excluding carboxylic acids is 1. The second-order valence-electron chi connectivity index (χ2n) is 6.79. The van der Waals surface area contributed by atoms with Gasteiger partial charge in [0.15, 0.2) is 0 Å². The molecule has 1 heterocycles. The van der Waals surface area contributed by atoms with Crippen molar-refractivity contribution in [1.29, 1.82) is 0 Å². The van der Waals surface area contributed by atoms with Gasteiger partial charge in [-0.3, -0.25) is 4.79 Å². The number of anilines is 1. The van der Waals surface area contributed by atoms with Gasteiger partial charge in [-0.1, -0.05) is 18.2 Å². The van der Waals surface area contributed by atoms with Gasteiger partial charge in [0.2, 0.25) is 0 Å². The Morgan fingerprint density at radius 1 is 0.964 bits per heavy atom. The van der Waals surface area contributed by atoms with E-state index in [2.05, 4.69) is 5.32 Å². The van der Waals surface area contributed by atoms with Crippen LogP contribution in [0, 0.1) is 0 Å². The molecule has 1 N–H and O–H groups in total. The lowest BCUT2D eigenvalue weighted by Crippen LogP contribution is -2.13. The summed E-state index contributed by atoms with van der Waals surface area (Å²) in [5, 5.41) is 4.86. The van der Waals surface area contributed by atoms with E-state index in [9.17, 15) is 4.79 Å². The van der Waals surface area contributed by atoms with E-state index in [1.165, 1.54) is 0 Å². The summed E-state index contributed by atoms with van der Waals surface area (Å²) in [6.07, 6.45) is 0.0828. The lowest BCUT2D eigenvalue weighted by Gasteiger charge is -2.12. The summed E-state index contributed by atoms with van der Waals surface area (Å²) in [7, 11) is 1.58. The number of hydrogen-bond donors (Lipinski definition) is 1. The smallest absolute Gasteiger partial charge is 0.255 e. The first-order valence-electron chi connectivity index (χ1n) is 9.12. The Hall–Kier alpha value is -3.47. The lowest BCUT2D eigenvalue weighted by molar-refractivity contribution is 0.102. The lowest BCUT2D eigenvalue weighted by atomic mass is 10.1. The van der Waals surface area contributed by atoms with Crippen LogP contribution in [0.1, 0.15) is 24.2 Å². The van der Waals surface area contributed by atoms with Crippen LogP contribution in [0.5, 0.6) is 11.5 Å². The number of benzene rings is 3. The van der Waals surface area contributed by atoms with Gasteiger partial charge in [0.25, 0.3) is 5.91 Å². The van der Waals surface area contributed by atoms with Crippen LogP contribution >= 0.6 is 0 Å². The molecule has 0 radical (unpaired) electrons. The molecule has 0 atom stereocenters. The van der Waals surface area contributed by atoms with Crippen molar-refractivity contribution in [3.63, 3.8) is 0 Å². The summed E-state index contributed by atoms with van der Waals surface area (Å²) in [5.41, 5.74) is 2.58. The molecular weight excluding hydrogens is 354 g/mol. The first-order chi connectivity index (χ1) is 13.5. The summed E-state index contributed by atoms with van der Waals surface area (Å²) in [5.74, 6) is 1.07. The predicted molar refractivity (Wildman–Crippen MR) is 110 cm³/mol. The Labute approximate surface area is 162 Å². The van der Waals surface area contributed by atoms with Gasteiger partial charge in [0.05, 0.1) is 18.9 Å². The number of rotatable bonds is 5. The Balaban J connectivity index is 1.64. The van der Waals surface area contributed by atoms with Crippen molar-refractivity contribution < 1.29 is 18.7 Å². The fourth-order valence-corrected chi connectivity index (χ4v) is 3.17. The van der Waals surface area contributed by atoms with Gasteiger partial charge in [-0.05, 0) is 50.2 Å². The summed E-state index contributed by atoms with van der Waals surface area (Å²) in [6, 6.07) is 18.5. The van der Waals surface area contributed by atoms with Crippen molar-refractivity contribution in [3.05, 3.63) is 66.2 Å². The molecular formula is C23H21NO4. The van der Waals surface area contributed by atoms with Gasteiger partial charge in [0, 0.05) is 22.4 Å². The Bertz CT molecular complexity index is 1140. The highest BCUT2D eigenvalue weighted by molar-refractivity contribution is 6.10. The number of fused-ring (bicyclic) bond motifs is 3. The second kappa shape index (κ2) is 7.27. The highest BCUT2D eigenvalue weighted by atomic mass is 16.5. The van der Waals surface area contributed by atoms with Crippen molar-refractivity contribution in [2.75, 3.05) is 12.4 Å². The quantitative estimate of drug-likeness (QED) is 0.491. The second-order valence-corrected chi connectivity index (χ2v) is 6.79. The Morgan fingerprint density at radius 3 is 2.43 bits per heavy atom. The molecule has 0 saturated heterocycles. The van der Waals surface area contributed by atoms with Crippen LogP contribution in [-0.4, -0.2) is 19.1 Å². The Kier molecular flexibility index (Phi) is 4.65. The van der Waals surface area contributed by atoms with Crippen molar-refractivity contribution in [1.82, 2.24) is 0 Å². The minimum absolute atomic E-state index is 0.0828. The molecule has 142 valence electrons. The zero-order chi connectivity index (χ0) is 19.7. The SMILES string of the molecule is COc1cc2c(cc1NC(=O)c1ccc(OC(C)C)cc1)oc1ccccc12. The number of hydrogen-bond acceptors (Lipinski definition) is 4. The third kappa shape index (κ3) is 3.39. The number of amides is 1. The molecule has 4 aromatic rings.